The fourth-order valence-electron chi connectivity index (χ4n) is 2.17. The molecule has 4 N–H and O–H groups in total. The van der Waals surface area contributed by atoms with Gasteiger partial charge in [-0.05, 0) is 55.5 Å². The summed E-state index contributed by atoms with van der Waals surface area (Å²) in [6.45, 7) is 1.65. The van der Waals surface area contributed by atoms with Crippen LogP contribution >= 0.6 is 0 Å². The standard InChI is InChI=1S/C17H16N4O5S/c1-11-10-16(20-26-11)21-27(24,25)15-8-4-13(5-9-15)19-17(23)18-12-2-6-14(22)7-3-12/h2-10,22H,1H3,(H,20,21)(H2,18,19,23). The van der Waals surface area contributed by atoms with Gasteiger partial charge in [0.25, 0.3) is 10.0 Å². The third kappa shape index (κ3) is 4.76. The van der Waals surface area contributed by atoms with Crippen LogP contribution in [0.25, 0.3) is 0 Å². The fraction of sp³-hybridized carbons (Fsp3) is 0.0588. The average Bonchev–Trinajstić information content (AvgIpc) is 3.01. The monoisotopic (exact) mass is 388 g/mol. The van der Waals surface area contributed by atoms with Gasteiger partial charge >= 0.3 is 6.03 Å². The topological polar surface area (TPSA) is 134 Å². The lowest BCUT2D eigenvalue weighted by atomic mass is 10.3. The number of benzene rings is 2. The van der Waals surface area contributed by atoms with E-state index in [2.05, 4.69) is 20.5 Å². The number of aryl methyl sites for hydroxylation is 1. The van der Waals surface area contributed by atoms with Crippen LogP contribution in [0.5, 0.6) is 5.75 Å². The van der Waals surface area contributed by atoms with Crippen LogP contribution in [0.2, 0.25) is 0 Å². The zero-order valence-electron chi connectivity index (χ0n) is 14.1. The number of hydrogen-bond donors (Lipinski definition) is 4. The predicted molar refractivity (Wildman–Crippen MR) is 99.2 cm³/mol. The second-order valence-electron chi connectivity index (χ2n) is 5.58. The molecule has 3 rings (SSSR count). The molecule has 0 aliphatic carbocycles. The van der Waals surface area contributed by atoms with Gasteiger partial charge in [0.2, 0.25) is 0 Å². The second kappa shape index (κ2) is 7.38. The number of carbonyl (C=O) groups excluding carboxylic acids is 1. The van der Waals surface area contributed by atoms with Gasteiger partial charge < -0.3 is 20.3 Å². The summed E-state index contributed by atoms with van der Waals surface area (Å²) in [5.74, 6) is 0.655. The summed E-state index contributed by atoms with van der Waals surface area (Å²) in [6.07, 6.45) is 0. The zero-order valence-corrected chi connectivity index (χ0v) is 14.9. The van der Waals surface area contributed by atoms with Gasteiger partial charge in [0, 0.05) is 17.4 Å². The molecule has 0 saturated heterocycles. The first-order valence-electron chi connectivity index (χ1n) is 7.75. The van der Waals surface area contributed by atoms with Gasteiger partial charge in [-0.15, -0.1) is 0 Å². The number of amides is 2. The largest absolute Gasteiger partial charge is 0.508 e. The number of anilines is 3. The highest BCUT2D eigenvalue weighted by molar-refractivity contribution is 7.92. The number of phenols is 1. The summed E-state index contributed by atoms with van der Waals surface area (Å²) in [6, 6.07) is 12.5. The summed E-state index contributed by atoms with van der Waals surface area (Å²) in [5, 5.41) is 18.0. The Kier molecular flexibility index (Phi) is 4.99. The van der Waals surface area contributed by atoms with Gasteiger partial charge in [-0.3, -0.25) is 4.72 Å². The van der Waals surface area contributed by atoms with Gasteiger partial charge in [-0.2, -0.15) is 0 Å². The normalized spacial score (nSPS) is 11.0. The lowest BCUT2D eigenvalue weighted by Crippen LogP contribution is -2.19. The molecular formula is C17H16N4O5S. The molecule has 10 heteroatoms. The first-order valence-corrected chi connectivity index (χ1v) is 9.23. The highest BCUT2D eigenvalue weighted by Gasteiger charge is 2.16. The maximum Gasteiger partial charge on any atom is 0.323 e. The molecule has 3 aromatic rings. The first-order chi connectivity index (χ1) is 12.8. The minimum atomic E-state index is -3.82. The number of phenolic OH excluding ortho intramolecular Hbond substituents is 1. The molecule has 0 bridgehead atoms. The fourth-order valence-corrected chi connectivity index (χ4v) is 3.15. The molecule has 2 aromatic carbocycles. The smallest absolute Gasteiger partial charge is 0.323 e. The van der Waals surface area contributed by atoms with E-state index < -0.39 is 16.1 Å². The van der Waals surface area contributed by atoms with E-state index >= 15 is 0 Å². The Morgan fingerprint density at radius 1 is 1.00 bits per heavy atom. The lowest BCUT2D eigenvalue weighted by Gasteiger charge is -2.09. The van der Waals surface area contributed by atoms with Crippen molar-refractivity contribution in [1.82, 2.24) is 5.16 Å². The van der Waals surface area contributed by atoms with Crippen LogP contribution in [-0.4, -0.2) is 24.7 Å². The Balaban J connectivity index is 1.64. The molecule has 0 aliphatic rings. The average molecular weight is 388 g/mol. The summed E-state index contributed by atoms with van der Waals surface area (Å²) >= 11 is 0. The van der Waals surface area contributed by atoms with Crippen LogP contribution in [0, 0.1) is 6.92 Å². The third-order valence-electron chi connectivity index (χ3n) is 3.41. The maximum absolute atomic E-state index is 12.3. The van der Waals surface area contributed by atoms with Gasteiger partial charge in [0.15, 0.2) is 5.82 Å². The van der Waals surface area contributed by atoms with E-state index in [4.69, 9.17) is 4.52 Å². The summed E-state index contributed by atoms with van der Waals surface area (Å²) in [7, 11) is -3.82. The number of sulfonamides is 1. The third-order valence-corrected chi connectivity index (χ3v) is 4.79. The molecule has 0 radical (unpaired) electrons. The summed E-state index contributed by atoms with van der Waals surface area (Å²) in [4.78, 5) is 12.0. The maximum atomic E-state index is 12.3. The number of rotatable bonds is 5. The number of aromatic nitrogens is 1. The number of nitrogens with one attached hydrogen (secondary N) is 3. The molecule has 27 heavy (non-hydrogen) atoms. The molecule has 9 nitrogen and oxygen atoms in total. The van der Waals surface area contributed by atoms with Crippen LogP contribution in [0.15, 0.2) is 64.0 Å². The van der Waals surface area contributed by atoms with Crippen LogP contribution in [0.1, 0.15) is 5.76 Å². The van der Waals surface area contributed by atoms with E-state index in [1.54, 1.807) is 19.1 Å². The van der Waals surface area contributed by atoms with E-state index in [9.17, 15) is 18.3 Å². The molecule has 2 amide bonds. The number of nitrogens with zero attached hydrogens (tertiary/aromatic N) is 1. The Labute approximate surface area is 155 Å². The van der Waals surface area contributed by atoms with Crippen LogP contribution < -0.4 is 15.4 Å². The van der Waals surface area contributed by atoms with Crippen molar-refractivity contribution in [1.29, 1.82) is 0 Å². The van der Waals surface area contributed by atoms with Crippen molar-refractivity contribution in [2.45, 2.75) is 11.8 Å². The summed E-state index contributed by atoms with van der Waals surface area (Å²) < 4.78 is 31.7. The number of hydrogen-bond acceptors (Lipinski definition) is 6. The Bertz CT molecular complexity index is 1040. The molecule has 1 heterocycles. The zero-order chi connectivity index (χ0) is 19.4. The predicted octanol–water partition coefficient (Wildman–Crippen LogP) is 3.13. The molecule has 0 spiro atoms. The number of urea groups is 1. The minimum Gasteiger partial charge on any atom is -0.508 e. The van der Waals surface area contributed by atoms with Crippen molar-refractivity contribution < 1.29 is 22.8 Å². The number of carbonyl (C=O) groups is 1. The van der Waals surface area contributed by atoms with Crippen molar-refractivity contribution in [2.75, 3.05) is 15.4 Å². The second-order valence-corrected chi connectivity index (χ2v) is 7.26. The molecule has 0 fully saturated rings. The Hall–Kier alpha value is -3.53. The van der Waals surface area contributed by atoms with E-state index in [0.717, 1.165) is 0 Å². The number of aromatic hydroxyl groups is 1. The van der Waals surface area contributed by atoms with E-state index in [-0.39, 0.29) is 16.5 Å². The van der Waals surface area contributed by atoms with Crippen molar-refractivity contribution in [3.63, 3.8) is 0 Å². The molecule has 0 aliphatic heterocycles. The van der Waals surface area contributed by atoms with E-state index in [1.165, 1.54) is 42.5 Å². The van der Waals surface area contributed by atoms with Gasteiger partial charge in [-0.25, -0.2) is 13.2 Å². The highest BCUT2D eigenvalue weighted by atomic mass is 32.2. The van der Waals surface area contributed by atoms with Crippen molar-refractivity contribution in [3.8, 4) is 5.75 Å². The van der Waals surface area contributed by atoms with Gasteiger partial charge in [0.05, 0.1) is 4.90 Å². The first kappa shape index (κ1) is 18.3. The quantitative estimate of drug-likeness (QED) is 0.496. The van der Waals surface area contributed by atoms with Crippen molar-refractivity contribution >= 4 is 33.2 Å². The van der Waals surface area contributed by atoms with Crippen molar-refractivity contribution in [2.24, 2.45) is 0 Å². The van der Waals surface area contributed by atoms with Crippen LogP contribution in [0.3, 0.4) is 0 Å². The van der Waals surface area contributed by atoms with Crippen LogP contribution in [0.4, 0.5) is 22.0 Å². The van der Waals surface area contributed by atoms with Crippen LogP contribution in [-0.2, 0) is 10.0 Å². The molecule has 1 aromatic heterocycles. The molecule has 140 valence electrons. The van der Waals surface area contributed by atoms with Gasteiger partial charge in [0.1, 0.15) is 11.5 Å². The Morgan fingerprint density at radius 2 is 1.56 bits per heavy atom. The van der Waals surface area contributed by atoms with E-state index in [0.29, 0.717) is 17.1 Å². The Morgan fingerprint density at radius 3 is 2.07 bits per heavy atom. The molecule has 0 saturated carbocycles. The molecular weight excluding hydrogens is 372 g/mol. The lowest BCUT2D eigenvalue weighted by molar-refractivity contribution is 0.262. The molecule has 0 unspecified atom stereocenters. The van der Waals surface area contributed by atoms with Gasteiger partial charge in [-0.1, -0.05) is 5.16 Å². The SMILES string of the molecule is Cc1cc(NS(=O)(=O)c2ccc(NC(=O)Nc3ccc(O)cc3)cc2)no1. The summed E-state index contributed by atoms with van der Waals surface area (Å²) in [5.41, 5.74) is 0.902. The highest BCUT2D eigenvalue weighted by Crippen LogP contribution is 2.19. The van der Waals surface area contributed by atoms with Crippen molar-refractivity contribution in [3.05, 3.63) is 60.4 Å². The molecule has 0 atom stereocenters. The minimum absolute atomic E-state index is 0.00708. The van der Waals surface area contributed by atoms with E-state index in [1.807, 2.05) is 0 Å².